The Morgan fingerprint density at radius 1 is 1.32 bits per heavy atom. The van der Waals surface area contributed by atoms with Crippen molar-refractivity contribution in [1.82, 2.24) is 5.32 Å². The van der Waals surface area contributed by atoms with Crippen molar-refractivity contribution >= 4 is 0 Å². The maximum Gasteiger partial charge on any atom is 0.0897 e. The summed E-state index contributed by atoms with van der Waals surface area (Å²) < 4.78 is 5.50. The Bertz CT molecular complexity index is 227. The van der Waals surface area contributed by atoms with Gasteiger partial charge in [-0.3, -0.25) is 0 Å². The lowest BCUT2D eigenvalue weighted by molar-refractivity contribution is 0.0342. The molecular formula is C16H33NO2. The van der Waals surface area contributed by atoms with E-state index in [1.54, 1.807) is 0 Å². The molecule has 0 heterocycles. The van der Waals surface area contributed by atoms with Gasteiger partial charge in [0.05, 0.1) is 12.7 Å². The Balaban J connectivity index is 1.92. The zero-order chi connectivity index (χ0) is 14.1. The molecule has 0 aromatic carbocycles. The predicted octanol–water partition coefficient (Wildman–Crippen LogP) is 2.97. The molecule has 1 rings (SSSR count). The molecule has 2 N–H and O–H groups in total. The second-order valence-electron chi connectivity index (χ2n) is 6.65. The highest BCUT2D eigenvalue weighted by atomic mass is 16.5. The lowest BCUT2D eigenvalue weighted by Crippen LogP contribution is -2.34. The Hall–Kier alpha value is -0.120. The first-order chi connectivity index (χ1) is 9.08. The normalized spacial score (nSPS) is 18.8. The number of hydrogen-bond donors (Lipinski definition) is 2. The van der Waals surface area contributed by atoms with Gasteiger partial charge in [-0.15, -0.1) is 0 Å². The van der Waals surface area contributed by atoms with E-state index in [1.165, 1.54) is 32.1 Å². The molecule has 0 aromatic heterocycles. The van der Waals surface area contributed by atoms with Gasteiger partial charge in [-0.1, -0.05) is 27.2 Å². The average molecular weight is 271 g/mol. The first-order valence-electron chi connectivity index (χ1n) is 8.04. The van der Waals surface area contributed by atoms with E-state index < -0.39 is 0 Å². The Morgan fingerprint density at radius 3 is 2.63 bits per heavy atom. The largest absolute Gasteiger partial charge is 0.389 e. The third-order valence-corrected chi connectivity index (χ3v) is 4.00. The van der Waals surface area contributed by atoms with Gasteiger partial charge in [0.1, 0.15) is 0 Å². The number of nitrogens with one attached hydrogen (secondary N) is 1. The van der Waals surface area contributed by atoms with Gasteiger partial charge in [0.15, 0.2) is 0 Å². The van der Waals surface area contributed by atoms with Crippen molar-refractivity contribution in [2.24, 2.45) is 11.3 Å². The molecule has 0 aromatic rings. The van der Waals surface area contributed by atoms with Crippen molar-refractivity contribution in [3.05, 3.63) is 0 Å². The molecule has 1 aliphatic carbocycles. The van der Waals surface area contributed by atoms with Crippen LogP contribution in [0.25, 0.3) is 0 Å². The van der Waals surface area contributed by atoms with Crippen LogP contribution in [0.5, 0.6) is 0 Å². The standard InChI is InChI=1S/C16H33NO2/c1-4-7-16(8-9-16)13-17-11-15(18)12-19-10-5-6-14(2)3/h14-15,17-18H,4-13H2,1-3H3. The Morgan fingerprint density at radius 2 is 2.05 bits per heavy atom. The number of hydrogen-bond acceptors (Lipinski definition) is 3. The van der Waals surface area contributed by atoms with Crippen LogP contribution in [0.1, 0.15) is 59.3 Å². The van der Waals surface area contributed by atoms with Gasteiger partial charge in [0.2, 0.25) is 0 Å². The molecule has 1 unspecified atom stereocenters. The molecule has 0 amide bonds. The van der Waals surface area contributed by atoms with Gasteiger partial charge in [-0.05, 0) is 43.4 Å². The van der Waals surface area contributed by atoms with E-state index in [0.29, 0.717) is 18.6 Å². The van der Waals surface area contributed by atoms with Crippen molar-refractivity contribution in [3.8, 4) is 0 Å². The summed E-state index contributed by atoms with van der Waals surface area (Å²) >= 11 is 0. The van der Waals surface area contributed by atoms with Gasteiger partial charge < -0.3 is 15.2 Å². The van der Waals surface area contributed by atoms with E-state index in [-0.39, 0.29) is 6.10 Å². The quantitative estimate of drug-likeness (QED) is 0.536. The van der Waals surface area contributed by atoms with Crippen LogP contribution in [0.15, 0.2) is 0 Å². The summed E-state index contributed by atoms with van der Waals surface area (Å²) in [5.41, 5.74) is 0.562. The van der Waals surface area contributed by atoms with E-state index in [4.69, 9.17) is 4.74 Å². The summed E-state index contributed by atoms with van der Waals surface area (Å²) in [6.07, 6.45) is 7.23. The molecule has 0 saturated heterocycles. The third kappa shape index (κ3) is 7.91. The second-order valence-corrected chi connectivity index (χ2v) is 6.65. The maximum atomic E-state index is 9.82. The molecule has 0 radical (unpaired) electrons. The number of ether oxygens (including phenoxy) is 1. The summed E-state index contributed by atoms with van der Waals surface area (Å²) in [4.78, 5) is 0. The molecular weight excluding hydrogens is 238 g/mol. The third-order valence-electron chi connectivity index (χ3n) is 4.00. The summed E-state index contributed by atoms with van der Waals surface area (Å²) in [6.45, 7) is 9.66. The molecule has 1 fully saturated rings. The van der Waals surface area contributed by atoms with Crippen molar-refractivity contribution in [3.63, 3.8) is 0 Å². The minimum atomic E-state index is -0.364. The van der Waals surface area contributed by atoms with Crippen LogP contribution in [0.2, 0.25) is 0 Å². The van der Waals surface area contributed by atoms with Crippen LogP contribution >= 0.6 is 0 Å². The summed E-state index contributed by atoms with van der Waals surface area (Å²) in [7, 11) is 0. The van der Waals surface area contributed by atoms with Gasteiger partial charge in [0.25, 0.3) is 0 Å². The minimum absolute atomic E-state index is 0.364. The van der Waals surface area contributed by atoms with E-state index >= 15 is 0 Å². The first-order valence-corrected chi connectivity index (χ1v) is 8.04. The van der Waals surface area contributed by atoms with E-state index in [1.807, 2.05) is 0 Å². The highest BCUT2D eigenvalue weighted by Gasteiger charge is 2.40. The molecule has 0 bridgehead atoms. The monoisotopic (exact) mass is 271 g/mol. The van der Waals surface area contributed by atoms with E-state index in [2.05, 4.69) is 26.1 Å². The van der Waals surface area contributed by atoms with Crippen LogP contribution in [0, 0.1) is 11.3 Å². The molecule has 3 heteroatoms. The fourth-order valence-electron chi connectivity index (χ4n) is 2.60. The summed E-state index contributed by atoms with van der Waals surface area (Å²) in [6, 6.07) is 0. The van der Waals surface area contributed by atoms with Crippen LogP contribution in [-0.2, 0) is 4.74 Å². The lowest BCUT2D eigenvalue weighted by Gasteiger charge is -2.17. The number of rotatable bonds is 12. The van der Waals surface area contributed by atoms with Crippen LogP contribution < -0.4 is 5.32 Å². The van der Waals surface area contributed by atoms with Gasteiger partial charge in [0, 0.05) is 19.7 Å². The summed E-state index contributed by atoms with van der Waals surface area (Å²) in [5.74, 6) is 0.739. The van der Waals surface area contributed by atoms with Crippen LogP contribution in [0.4, 0.5) is 0 Å². The number of aliphatic hydroxyl groups excluding tert-OH is 1. The SMILES string of the molecule is CCCC1(CNCC(O)COCCCC(C)C)CC1. The molecule has 1 aliphatic rings. The molecule has 0 aliphatic heterocycles. The topological polar surface area (TPSA) is 41.5 Å². The van der Waals surface area contributed by atoms with Crippen LogP contribution in [0.3, 0.4) is 0 Å². The van der Waals surface area contributed by atoms with Crippen molar-refractivity contribution in [2.45, 2.75) is 65.4 Å². The lowest BCUT2D eigenvalue weighted by atomic mass is 10.0. The molecule has 1 atom stereocenters. The predicted molar refractivity (Wildman–Crippen MR) is 80.3 cm³/mol. The second kappa shape index (κ2) is 8.93. The molecule has 3 nitrogen and oxygen atoms in total. The zero-order valence-corrected chi connectivity index (χ0v) is 13.1. The Kier molecular flexibility index (Phi) is 7.96. The summed E-state index contributed by atoms with van der Waals surface area (Å²) in [5, 5.41) is 13.2. The highest BCUT2D eigenvalue weighted by Crippen LogP contribution is 2.48. The Labute approximate surface area is 119 Å². The average Bonchev–Trinajstić information content (AvgIpc) is 3.09. The fourth-order valence-corrected chi connectivity index (χ4v) is 2.60. The first kappa shape index (κ1) is 16.9. The molecule has 1 saturated carbocycles. The van der Waals surface area contributed by atoms with Gasteiger partial charge in [-0.2, -0.15) is 0 Å². The van der Waals surface area contributed by atoms with E-state index in [9.17, 15) is 5.11 Å². The highest BCUT2D eigenvalue weighted by molar-refractivity contribution is 4.94. The minimum Gasteiger partial charge on any atom is -0.389 e. The smallest absolute Gasteiger partial charge is 0.0897 e. The van der Waals surface area contributed by atoms with Gasteiger partial charge >= 0.3 is 0 Å². The zero-order valence-electron chi connectivity index (χ0n) is 13.1. The maximum absolute atomic E-state index is 9.82. The van der Waals surface area contributed by atoms with Crippen molar-refractivity contribution in [1.29, 1.82) is 0 Å². The van der Waals surface area contributed by atoms with Gasteiger partial charge in [-0.25, -0.2) is 0 Å². The molecule has 114 valence electrons. The van der Waals surface area contributed by atoms with Crippen molar-refractivity contribution < 1.29 is 9.84 Å². The van der Waals surface area contributed by atoms with E-state index in [0.717, 1.165) is 25.5 Å². The van der Waals surface area contributed by atoms with Crippen molar-refractivity contribution in [2.75, 3.05) is 26.3 Å². The fraction of sp³-hybridized carbons (Fsp3) is 1.00. The van der Waals surface area contributed by atoms with Crippen LogP contribution in [-0.4, -0.2) is 37.5 Å². The molecule has 19 heavy (non-hydrogen) atoms. The molecule has 0 spiro atoms. The number of aliphatic hydroxyl groups is 1.